The molecule has 2 aromatic carbocycles. The Hall–Kier alpha value is -4.00. The molecular weight excluding hydrogens is 412 g/mol. The molecule has 0 saturated heterocycles. The standard InChI is InChI=1S/C26H26N6O/c1-5-32-26(29-19-8-10-21-22(13-19)17(4)28-25(21)33)30-24(31-32)18-7-9-20(16(3)12-18)23-11-6-15(2)14-27-23/h6-14,17H,5H2,1-4H3,(H,28,33)(H,29,30,31). The summed E-state index contributed by atoms with van der Waals surface area (Å²) >= 11 is 0. The minimum Gasteiger partial charge on any atom is -0.345 e. The highest BCUT2D eigenvalue weighted by molar-refractivity contribution is 5.99. The van der Waals surface area contributed by atoms with E-state index in [0.29, 0.717) is 18.3 Å². The lowest BCUT2D eigenvalue weighted by molar-refractivity contribution is 0.0958. The van der Waals surface area contributed by atoms with Gasteiger partial charge in [0.25, 0.3) is 5.91 Å². The number of nitrogens with one attached hydrogen (secondary N) is 2. The highest BCUT2D eigenvalue weighted by Crippen LogP contribution is 2.30. The fourth-order valence-corrected chi connectivity index (χ4v) is 4.18. The zero-order valence-electron chi connectivity index (χ0n) is 19.2. The molecular formula is C26H26N6O. The number of fused-ring (bicyclic) bond motifs is 1. The number of aromatic nitrogens is 4. The van der Waals surface area contributed by atoms with Crippen LogP contribution in [0.5, 0.6) is 0 Å². The van der Waals surface area contributed by atoms with Crippen molar-refractivity contribution in [1.29, 1.82) is 0 Å². The van der Waals surface area contributed by atoms with Gasteiger partial charge in [-0.05, 0) is 74.7 Å². The van der Waals surface area contributed by atoms with Gasteiger partial charge in [0, 0.05) is 35.1 Å². The third kappa shape index (κ3) is 3.86. The second kappa shape index (κ2) is 8.16. The average Bonchev–Trinajstić information content (AvgIpc) is 3.34. The largest absolute Gasteiger partial charge is 0.345 e. The van der Waals surface area contributed by atoms with Gasteiger partial charge in [0.15, 0.2) is 5.82 Å². The maximum absolute atomic E-state index is 12.0. The highest BCUT2D eigenvalue weighted by Gasteiger charge is 2.25. The molecule has 1 aliphatic rings. The van der Waals surface area contributed by atoms with Crippen LogP contribution in [0.2, 0.25) is 0 Å². The summed E-state index contributed by atoms with van der Waals surface area (Å²) in [6.45, 7) is 8.82. The van der Waals surface area contributed by atoms with Crippen LogP contribution in [-0.4, -0.2) is 25.7 Å². The van der Waals surface area contributed by atoms with Crippen molar-refractivity contribution < 1.29 is 4.79 Å². The summed E-state index contributed by atoms with van der Waals surface area (Å²) in [5.41, 5.74) is 7.87. The van der Waals surface area contributed by atoms with Gasteiger partial charge in [-0.15, -0.1) is 5.10 Å². The molecule has 1 unspecified atom stereocenters. The Balaban J connectivity index is 1.44. The van der Waals surface area contributed by atoms with Crippen LogP contribution in [0.25, 0.3) is 22.6 Å². The Morgan fingerprint density at radius 1 is 1.06 bits per heavy atom. The van der Waals surface area contributed by atoms with Gasteiger partial charge in [0.2, 0.25) is 5.95 Å². The Labute approximate surface area is 192 Å². The summed E-state index contributed by atoms with van der Waals surface area (Å²) < 4.78 is 1.85. The Bertz CT molecular complexity index is 1360. The molecule has 0 saturated carbocycles. The van der Waals surface area contributed by atoms with Crippen LogP contribution in [0.1, 0.15) is 46.9 Å². The van der Waals surface area contributed by atoms with Gasteiger partial charge < -0.3 is 10.6 Å². The first-order chi connectivity index (χ1) is 15.9. The molecule has 7 heteroatoms. The maximum Gasteiger partial charge on any atom is 0.252 e. The van der Waals surface area contributed by atoms with Gasteiger partial charge in [-0.2, -0.15) is 4.98 Å². The zero-order valence-corrected chi connectivity index (χ0v) is 19.2. The minimum absolute atomic E-state index is 0.00151. The Morgan fingerprint density at radius 2 is 1.88 bits per heavy atom. The van der Waals surface area contributed by atoms with Gasteiger partial charge in [-0.3, -0.25) is 9.78 Å². The normalized spacial score (nSPS) is 14.8. The molecule has 2 N–H and O–H groups in total. The third-order valence-electron chi connectivity index (χ3n) is 6.01. The summed E-state index contributed by atoms with van der Waals surface area (Å²) in [6.07, 6.45) is 1.89. The van der Waals surface area contributed by atoms with E-state index in [9.17, 15) is 4.79 Å². The number of aryl methyl sites for hydroxylation is 3. The topological polar surface area (TPSA) is 84.7 Å². The van der Waals surface area contributed by atoms with E-state index < -0.39 is 0 Å². The number of rotatable bonds is 5. The Kier molecular flexibility index (Phi) is 5.17. The lowest BCUT2D eigenvalue weighted by atomic mass is 10.0. The quantitative estimate of drug-likeness (QED) is 0.448. The zero-order chi connectivity index (χ0) is 23.1. The van der Waals surface area contributed by atoms with Crippen LogP contribution >= 0.6 is 0 Å². The van der Waals surface area contributed by atoms with E-state index in [0.717, 1.165) is 44.8 Å². The van der Waals surface area contributed by atoms with Gasteiger partial charge in [-0.1, -0.05) is 18.2 Å². The molecule has 7 nitrogen and oxygen atoms in total. The molecule has 0 spiro atoms. The number of nitrogens with zero attached hydrogens (tertiary/aromatic N) is 4. The van der Waals surface area contributed by atoms with Gasteiger partial charge in [0.05, 0.1) is 11.7 Å². The predicted molar refractivity (Wildman–Crippen MR) is 129 cm³/mol. The molecule has 1 amide bonds. The number of anilines is 2. The second-order valence-corrected chi connectivity index (χ2v) is 8.45. The highest BCUT2D eigenvalue weighted by atomic mass is 16.2. The fraction of sp³-hybridized carbons (Fsp3) is 0.231. The van der Waals surface area contributed by atoms with Gasteiger partial charge in [0.1, 0.15) is 0 Å². The van der Waals surface area contributed by atoms with Crippen LogP contribution in [-0.2, 0) is 6.54 Å². The molecule has 5 rings (SSSR count). The van der Waals surface area contributed by atoms with Crippen LogP contribution in [0.3, 0.4) is 0 Å². The van der Waals surface area contributed by atoms with Crippen molar-refractivity contribution in [3.05, 3.63) is 77.0 Å². The van der Waals surface area contributed by atoms with Gasteiger partial charge >= 0.3 is 0 Å². The minimum atomic E-state index is -0.0253. The number of benzene rings is 2. The third-order valence-corrected chi connectivity index (χ3v) is 6.01. The smallest absolute Gasteiger partial charge is 0.252 e. The Morgan fingerprint density at radius 3 is 2.61 bits per heavy atom. The predicted octanol–water partition coefficient (Wildman–Crippen LogP) is 5.19. The fourth-order valence-electron chi connectivity index (χ4n) is 4.18. The first-order valence-corrected chi connectivity index (χ1v) is 11.1. The van der Waals surface area contributed by atoms with E-state index in [4.69, 9.17) is 10.1 Å². The van der Waals surface area contributed by atoms with Crippen molar-refractivity contribution in [3.63, 3.8) is 0 Å². The molecule has 0 bridgehead atoms. The molecule has 33 heavy (non-hydrogen) atoms. The number of hydrogen-bond donors (Lipinski definition) is 2. The summed E-state index contributed by atoms with van der Waals surface area (Å²) in [7, 11) is 0. The second-order valence-electron chi connectivity index (χ2n) is 8.45. The summed E-state index contributed by atoms with van der Waals surface area (Å²) in [4.78, 5) is 21.3. The van der Waals surface area contributed by atoms with Crippen LogP contribution in [0.15, 0.2) is 54.7 Å². The first kappa shape index (κ1) is 20.9. The van der Waals surface area contributed by atoms with E-state index in [1.54, 1.807) is 0 Å². The van der Waals surface area contributed by atoms with Crippen molar-refractivity contribution in [1.82, 2.24) is 25.1 Å². The van der Waals surface area contributed by atoms with E-state index in [1.807, 2.05) is 62.0 Å². The van der Waals surface area contributed by atoms with Crippen LogP contribution in [0.4, 0.5) is 11.6 Å². The number of pyridine rings is 1. The van der Waals surface area contributed by atoms with Gasteiger partial charge in [-0.25, -0.2) is 4.68 Å². The summed E-state index contributed by atoms with van der Waals surface area (Å²) in [5.74, 6) is 1.30. The summed E-state index contributed by atoms with van der Waals surface area (Å²) in [5, 5.41) is 11.0. The molecule has 3 heterocycles. The lowest BCUT2D eigenvalue weighted by Gasteiger charge is -2.09. The van der Waals surface area contributed by atoms with Crippen molar-refractivity contribution in [2.75, 3.05) is 5.32 Å². The van der Waals surface area contributed by atoms with E-state index >= 15 is 0 Å². The van der Waals surface area contributed by atoms with E-state index in [-0.39, 0.29) is 11.9 Å². The number of hydrogen-bond acceptors (Lipinski definition) is 5. The van der Waals surface area contributed by atoms with Crippen molar-refractivity contribution in [3.8, 4) is 22.6 Å². The maximum atomic E-state index is 12.0. The number of carbonyl (C=O) groups is 1. The lowest BCUT2D eigenvalue weighted by Crippen LogP contribution is -2.16. The van der Waals surface area contributed by atoms with Crippen molar-refractivity contribution in [2.45, 2.75) is 40.3 Å². The molecule has 2 aromatic heterocycles. The van der Waals surface area contributed by atoms with Crippen LogP contribution < -0.4 is 10.6 Å². The average molecular weight is 439 g/mol. The molecule has 1 aliphatic heterocycles. The molecule has 4 aromatic rings. The van der Waals surface area contributed by atoms with Crippen molar-refractivity contribution in [2.24, 2.45) is 0 Å². The monoisotopic (exact) mass is 438 g/mol. The molecule has 166 valence electrons. The van der Waals surface area contributed by atoms with Crippen LogP contribution in [0, 0.1) is 13.8 Å². The molecule has 0 aliphatic carbocycles. The van der Waals surface area contributed by atoms with Crippen molar-refractivity contribution >= 4 is 17.5 Å². The number of carbonyl (C=O) groups excluding carboxylic acids is 1. The molecule has 0 radical (unpaired) electrons. The first-order valence-electron chi connectivity index (χ1n) is 11.1. The number of amides is 1. The SMILES string of the molecule is CCn1nc(-c2ccc(-c3ccc(C)cn3)c(C)c2)nc1Nc1ccc2c(c1)C(C)NC2=O. The summed E-state index contributed by atoms with van der Waals surface area (Å²) in [6, 6.07) is 16.1. The van der Waals surface area contributed by atoms with E-state index in [2.05, 4.69) is 40.7 Å². The van der Waals surface area contributed by atoms with E-state index in [1.165, 1.54) is 0 Å². The molecule has 1 atom stereocenters. The molecule has 0 fully saturated rings.